The molecule has 3 aromatic rings. The molecule has 3 N–H and O–H groups in total. The molecule has 0 bridgehead atoms. The minimum Gasteiger partial charge on any atom is -0.453 e. The number of amides is 2. The predicted molar refractivity (Wildman–Crippen MR) is 115 cm³/mol. The number of nitrogens with one attached hydrogen (secondary N) is 2. The van der Waals surface area contributed by atoms with Gasteiger partial charge in [-0.2, -0.15) is 0 Å². The zero-order chi connectivity index (χ0) is 24.7. The number of esters is 1. The van der Waals surface area contributed by atoms with Crippen molar-refractivity contribution in [2.75, 3.05) is 18.5 Å². The van der Waals surface area contributed by atoms with Gasteiger partial charge in [0.2, 0.25) is 11.5 Å². The maximum Gasteiger partial charge on any atom is 0.348 e. The molecule has 0 radical (unpaired) electrons. The van der Waals surface area contributed by atoms with Gasteiger partial charge in [-0.05, 0) is 23.3 Å². The van der Waals surface area contributed by atoms with Gasteiger partial charge in [0.15, 0.2) is 24.1 Å². The summed E-state index contributed by atoms with van der Waals surface area (Å²) in [7, 11) is 0. The third-order valence-electron chi connectivity index (χ3n) is 4.77. The summed E-state index contributed by atoms with van der Waals surface area (Å²) in [4.78, 5) is 36.7. The fraction of sp³-hybridized carbons (Fsp3) is 0.125. The first-order chi connectivity index (χ1) is 16.2. The molecule has 0 aliphatic carbocycles. The van der Waals surface area contributed by atoms with Crippen LogP contribution in [-0.2, 0) is 24.7 Å². The van der Waals surface area contributed by atoms with Crippen molar-refractivity contribution in [1.29, 1.82) is 0 Å². The summed E-state index contributed by atoms with van der Waals surface area (Å²) in [5.41, 5.74) is -2.36. The molecule has 0 aromatic heterocycles. The Morgan fingerprint density at radius 2 is 1.35 bits per heavy atom. The number of carbonyl (C=O) groups excluding carboxylic acids is 3. The lowest BCUT2D eigenvalue weighted by atomic mass is 9.86. The van der Waals surface area contributed by atoms with Crippen LogP contribution in [-0.4, -0.2) is 36.0 Å². The van der Waals surface area contributed by atoms with Crippen LogP contribution in [0.2, 0.25) is 0 Å². The van der Waals surface area contributed by atoms with Gasteiger partial charge >= 0.3 is 5.97 Å². The average Bonchev–Trinajstić information content (AvgIpc) is 2.86. The van der Waals surface area contributed by atoms with E-state index in [0.29, 0.717) is 6.07 Å². The van der Waals surface area contributed by atoms with E-state index in [0.717, 1.165) is 6.07 Å². The minimum atomic E-state index is -2.19. The zero-order valence-corrected chi connectivity index (χ0v) is 17.6. The average molecular weight is 472 g/mol. The number of anilines is 1. The van der Waals surface area contributed by atoms with Gasteiger partial charge in [0.1, 0.15) is 0 Å². The van der Waals surface area contributed by atoms with Crippen molar-refractivity contribution in [2.24, 2.45) is 0 Å². The highest BCUT2D eigenvalue weighted by Crippen LogP contribution is 2.31. The van der Waals surface area contributed by atoms with Crippen molar-refractivity contribution in [3.05, 3.63) is 101 Å². The van der Waals surface area contributed by atoms with E-state index < -0.39 is 59.7 Å². The Balaban J connectivity index is 1.59. The number of hydrogen-bond donors (Lipinski definition) is 3. The van der Waals surface area contributed by atoms with Crippen molar-refractivity contribution in [2.45, 2.75) is 5.60 Å². The Morgan fingerprint density at radius 3 is 1.91 bits per heavy atom. The maximum atomic E-state index is 13.6. The molecule has 0 fully saturated rings. The third-order valence-corrected chi connectivity index (χ3v) is 4.77. The van der Waals surface area contributed by atoms with E-state index in [9.17, 15) is 32.7 Å². The summed E-state index contributed by atoms with van der Waals surface area (Å²) in [6, 6.07) is 17.4. The number of aliphatic hydroxyl groups is 1. The molecule has 0 spiro atoms. The molecule has 3 aromatic carbocycles. The molecular formula is C24H19F3N2O5. The molecule has 0 aliphatic heterocycles. The maximum absolute atomic E-state index is 13.6. The van der Waals surface area contributed by atoms with E-state index >= 15 is 0 Å². The molecule has 0 saturated carbocycles. The topological polar surface area (TPSA) is 105 Å². The summed E-state index contributed by atoms with van der Waals surface area (Å²) in [5, 5.41) is 15.3. The second-order valence-corrected chi connectivity index (χ2v) is 7.07. The van der Waals surface area contributed by atoms with E-state index in [2.05, 4.69) is 5.32 Å². The van der Waals surface area contributed by atoms with Crippen molar-refractivity contribution in [3.63, 3.8) is 0 Å². The molecular weight excluding hydrogens is 453 g/mol. The molecule has 0 heterocycles. The van der Waals surface area contributed by atoms with Gasteiger partial charge in [0.05, 0.1) is 12.2 Å². The molecule has 7 nitrogen and oxygen atoms in total. The number of ether oxygens (including phenoxy) is 1. The van der Waals surface area contributed by atoms with E-state index in [1.165, 1.54) is 24.3 Å². The van der Waals surface area contributed by atoms with Gasteiger partial charge in [0.25, 0.3) is 5.91 Å². The van der Waals surface area contributed by atoms with Crippen LogP contribution in [0.15, 0.2) is 72.8 Å². The first kappa shape index (κ1) is 24.5. The van der Waals surface area contributed by atoms with E-state index in [1.54, 1.807) is 36.4 Å². The summed E-state index contributed by atoms with van der Waals surface area (Å²) < 4.78 is 44.8. The van der Waals surface area contributed by atoms with Gasteiger partial charge in [-0.15, -0.1) is 0 Å². The minimum absolute atomic E-state index is 0.222. The van der Waals surface area contributed by atoms with Gasteiger partial charge < -0.3 is 20.5 Å². The van der Waals surface area contributed by atoms with Crippen LogP contribution in [0.1, 0.15) is 11.1 Å². The molecule has 3 rings (SSSR count). The van der Waals surface area contributed by atoms with Crippen LogP contribution in [0.5, 0.6) is 0 Å². The fourth-order valence-corrected chi connectivity index (χ4v) is 3.04. The molecule has 0 unspecified atom stereocenters. The molecule has 10 heteroatoms. The van der Waals surface area contributed by atoms with Crippen LogP contribution in [0.4, 0.5) is 18.9 Å². The van der Waals surface area contributed by atoms with Gasteiger partial charge in [0, 0.05) is 0 Å². The van der Waals surface area contributed by atoms with Crippen molar-refractivity contribution >= 4 is 23.5 Å². The lowest BCUT2D eigenvalue weighted by molar-refractivity contribution is -0.164. The summed E-state index contributed by atoms with van der Waals surface area (Å²) in [6.45, 7) is -1.50. The summed E-state index contributed by atoms with van der Waals surface area (Å²) >= 11 is 0. The monoisotopic (exact) mass is 472 g/mol. The highest BCUT2D eigenvalue weighted by atomic mass is 19.2. The Labute approximate surface area is 192 Å². The molecule has 2 amide bonds. The molecule has 0 aliphatic rings. The largest absolute Gasteiger partial charge is 0.453 e. The second kappa shape index (κ2) is 10.6. The number of carbonyl (C=O) groups is 3. The fourth-order valence-electron chi connectivity index (χ4n) is 3.04. The highest BCUT2D eigenvalue weighted by molar-refractivity contribution is 5.95. The van der Waals surface area contributed by atoms with Gasteiger partial charge in [-0.25, -0.2) is 18.0 Å². The first-order valence-electron chi connectivity index (χ1n) is 9.94. The van der Waals surface area contributed by atoms with Crippen molar-refractivity contribution in [1.82, 2.24) is 5.32 Å². The Hall–Kier alpha value is -4.18. The zero-order valence-electron chi connectivity index (χ0n) is 17.6. The van der Waals surface area contributed by atoms with Gasteiger partial charge in [-0.3, -0.25) is 9.59 Å². The Kier molecular flexibility index (Phi) is 7.64. The van der Waals surface area contributed by atoms with E-state index in [1.807, 2.05) is 5.32 Å². The lowest BCUT2D eigenvalue weighted by Crippen LogP contribution is -2.41. The number of benzene rings is 3. The molecule has 176 valence electrons. The molecule has 0 atom stereocenters. The van der Waals surface area contributed by atoms with E-state index in [-0.39, 0.29) is 11.1 Å². The predicted octanol–water partition coefficient (Wildman–Crippen LogP) is 2.64. The second-order valence-electron chi connectivity index (χ2n) is 7.07. The van der Waals surface area contributed by atoms with Crippen molar-refractivity contribution in [3.8, 4) is 0 Å². The molecule has 34 heavy (non-hydrogen) atoms. The number of hydrogen-bond acceptors (Lipinski definition) is 5. The molecule has 0 saturated heterocycles. The Bertz CT molecular complexity index is 1150. The summed E-state index contributed by atoms with van der Waals surface area (Å²) in [6.07, 6.45) is 0. The Morgan fingerprint density at radius 1 is 0.794 bits per heavy atom. The highest BCUT2D eigenvalue weighted by Gasteiger charge is 2.41. The first-order valence-corrected chi connectivity index (χ1v) is 9.94. The SMILES string of the molecule is O=C(COC(=O)C(O)(c1ccccc1)c1ccccc1)NCC(=O)Nc1ccc(F)c(F)c1F. The third kappa shape index (κ3) is 5.41. The van der Waals surface area contributed by atoms with Crippen LogP contribution >= 0.6 is 0 Å². The standard InChI is InChI=1S/C24H19F3N2O5/c25-17-11-12-18(22(27)21(17)26)29-19(30)13-28-20(31)14-34-23(32)24(33,15-7-3-1-4-8-15)16-9-5-2-6-10-16/h1-12,33H,13-14H2,(H,28,31)(H,29,30). The van der Waals surface area contributed by atoms with E-state index in [4.69, 9.17) is 4.74 Å². The van der Waals surface area contributed by atoms with Crippen LogP contribution < -0.4 is 10.6 Å². The quantitative estimate of drug-likeness (QED) is 0.345. The van der Waals surface area contributed by atoms with Crippen LogP contribution in [0.3, 0.4) is 0 Å². The number of halogens is 3. The normalized spacial score (nSPS) is 10.9. The van der Waals surface area contributed by atoms with Crippen molar-refractivity contribution < 1.29 is 37.4 Å². The smallest absolute Gasteiger partial charge is 0.348 e. The van der Waals surface area contributed by atoms with Crippen LogP contribution in [0, 0.1) is 17.5 Å². The number of rotatable bonds is 8. The van der Waals surface area contributed by atoms with Gasteiger partial charge in [-0.1, -0.05) is 60.7 Å². The summed E-state index contributed by atoms with van der Waals surface area (Å²) in [5.74, 6) is -7.70. The lowest BCUT2D eigenvalue weighted by Gasteiger charge is -2.26. The van der Waals surface area contributed by atoms with Crippen LogP contribution in [0.25, 0.3) is 0 Å².